The van der Waals surface area contributed by atoms with Crippen LogP contribution in [0, 0.1) is 5.92 Å². The summed E-state index contributed by atoms with van der Waals surface area (Å²) in [7, 11) is 1.77. The summed E-state index contributed by atoms with van der Waals surface area (Å²) >= 11 is 2.00. The molecule has 1 rings (SSSR count). The molecule has 0 unspecified atom stereocenters. The first-order valence-corrected chi connectivity index (χ1v) is 8.19. The van der Waals surface area contributed by atoms with E-state index in [2.05, 4.69) is 45.8 Å². The minimum absolute atomic E-state index is 0.276. The molecule has 19 heavy (non-hydrogen) atoms. The number of hydrazone groups is 1. The van der Waals surface area contributed by atoms with E-state index in [1.54, 1.807) is 7.11 Å². The zero-order valence-electron chi connectivity index (χ0n) is 13.3. The van der Waals surface area contributed by atoms with Gasteiger partial charge in [-0.25, -0.2) is 0 Å². The van der Waals surface area contributed by atoms with E-state index in [0.29, 0.717) is 17.2 Å². The largest absolute Gasteiger partial charge is 0.382 e. The fraction of sp³-hybridized carbons (Fsp3) is 0.933. The Hall–Kier alpha value is -0.220. The molecule has 4 heteroatoms. The van der Waals surface area contributed by atoms with Crippen LogP contribution < -0.4 is 0 Å². The van der Waals surface area contributed by atoms with Crippen molar-refractivity contribution in [2.45, 2.75) is 63.5 Å². The number of hydrogen-bond donors (Lipinski definition) is 0. The summed E-state index contributed by atoms with van der Waals surface area (Å²) in [4.78, 5) is 0. The molecule has 0 radical (unpaired) electrons. The normalized spacial score (nSPS) is 22.7. The van der Waals surface area contributed by atoms with E-state index < -0.39 is 0 Å². The Balaban J connectivity index is 2.60. The van der Waals surface area contributed by atoms with Crippen molar-refractivity contribution in [2.75, 3.05) is 20.3 Å². The Labute approximate surface area is 123 Å². The van der Waals surface area contributed by atoms with Gasteiger partial charge in [-0.15, -0.1) is 11.8 Å². The lowest BCUT2D eigenvalue weighted by atomic mass is 10.1. The number of nitrogens with zero attached hydrogens (tertiary/aromatic N) is 2. The maximum absolute atomic E-state index is 5.27. The molecule has 0 aromatic carbocycles. The monoisotopic (exact) mass is 286 g/mol. The second-order valence-corrected chi connectivity index (χ2v) is 8.62. The predicted octanol–water partition coefficient (Wildman–Crippen LogP) is 3.64. The van der Waals surface area contributed by atoms with E-state index in [9.17, 15) is 0 Å². The van der Waals surface area contributed by atoms with E-state index in [1.807, 2.05) is 11.8 Å². The van der Waals surface area contributed by atoms with E-state index >= 15 is 0 Å². The minimum Gasteiger partial charge on any atom is -0.382 e. The van der Waals surface area contributed by atoms with Crippen LogP contribution in [0.3, 0.4) is 0 Å². The van der Waals surface area contributed by atoms with Crippen molar-refractivity contribution < 1.29 is 4.74 Å². The van der Waals surface area contributed by atoms with Crippen LogP contribution in [0.4, 0.5) is 0 Å². The molecule has 0 bridgehead atoms. The van der Waals surface area contributed by atoms with E-state index in [0.717, 1.165) is 13.2 Å². The van der Waals surface area contributed by atoms with Gasteiger partial charge >= 0.3 is 0 Å². The van der Waals surface area contributed by atoms with Crippen LogP contribution in [-0.2, 0) is 4.74 Å². The van der Waals surface area contributed by atoms with Gasteiger partial charge in [0.05, 0.1) is 12.6 Å². The Morgan fingerprint density at radius 2 is 2.11 bits per heavy atom. The van der Waals surface area contributed by atoms with Crippen LogP contribution in [0.15, 0.2) is 5.10 Å². The average molecular weight is 286 g/mol. The predicted molar refractivity (Wildman–Crippen MR) is 86.1 cm³/mol. The second kappa shape index (κ2) is 7.53. The van der Waals surface area contributed by atoms with E-state index in [-0.39, 0.29) is 4.75 Å². The van der Waals surface area contributed by atoms with Crippen molar-refractivity contribution >= 4 is 18.0 Å². The first-order valence-electron chi connectivity index (χ1n) is 7.31. The summed E-state index contributed by atoms with van der Waals surface area (Å²) in [5, 5.41) is 7.42. The maximum atomic E-state index is 5.27. The number of methoxy groups -OCH3 is 1. The van der Waals surface area contributed by atoms with Gasteiger partial charge in [0, 0.05) is 29.9 Å². The second-order valence-electron chi connectivity index (χ2n) is 6.62. The summed E-state index contributed by atoms with van der Waals surface area (Å²) < 4.78 is 5.55. The van der Waals surface area contributed by atoms with Gasteiger partial charge in [-0.05, 0) is 18.8 Å². The molecule has 0 spiro atoms. The van der Waals surface area contributed by atoms with E-state index in [4.69, 9.17) is 9.84 Å². The summed E-state index contributed by atoms with van der Waals surface area (Å²) in [6.07, 6.45) is 4.57. The molecule has 1 aliphatic rings. The van der Waals surface area contributed by atoms with Gasteiger partial charge in [0.1, 0.15) is 0 Å². The SMILES string of the molecule is COC[C@@H]1CCCN1/N=C\[C@@H](SC(C)(C)C)C(C)C. The summed E-state index contributed by atoms with van der Waals surface area (Å²) in [6, 6.07) is 0.466. The van der Waals surface area contributed by atoms with Crippen LogP contribution in [0.1, 0.15) is 47.5 Å². The van der Waals surface area contributed by atoms with Crippen LogP contribution in [0.25, 0.3) is 0 Å². The van der Waals surface area contributed by atoms with Crippen LogP contribution >= 0.6 is 11.8 Å². The number of rotatable bonds is 6. The topological polar surface area (TPSA) is 24.8 Å². The lowest BCUT2D eigenvalue weighted by Gasteiger charge is -2.27. The highest BCUT2D eigenvalue weighted by Gasteiger charge is 2.24. The fourth-order valence-corrected chi connectivity index (χ4v) is 3.44. The molecular weight excluding hydrogens is 256 g/mol. The molecule has 0 aromatic rings. The quantitative estimate of drug-likeness (QED) is 0.697. The Bertz CT molecular complexity index is 286. The molecule has 1 aliphatic heterocycles. The molecule has 2 atom stereocenters. The zero-order chi connectivity index (χ0) is 14.5. The third-order valence-corrected chi connectivity index (χ3v) is 4.86. The van der Waals surface area contributed by atoms with Crippen LogP contribution in [-0.4, -0.2) is 47.5 Å². The maximum Gasteiger partial charge on any atom is 0.0704 e. The Kier molecular flexibility index (Phi) is 6.67. The van der Waals surface area contributed by atoms with Gasteiger partial charge < -0.3 is 4.74 Å². The molecule has 1 saturated heterocycles. The van der Waals surface area contributed by atoms with Crippen LogP contribution in [0.2, 0.25) is 0 Å². The van der Waals surface area contributed by atoms with E-state index in [1.165, 1.54) is 12.8 Å². The molecule has 0 aromatic heterocycles. The fourth-order valence-electron chi connectivity index (χ4n) is 2.23. The van der Waals surface area contributed by atoms with Crippen molar-refractivity contribution in [3.63, 3.8) is 0 Å². The third-order valence-electron chi connectivity index (χ3n) is 3.21. The highest BCUT2D eigenvalue weighted by atomic mass is 32.2. The van der Waals surface area contributed by atoms with Gasteiger partial charge in [0.25, 0.3) is 0 Å². The lowest BCUT2D eigenvalue weighted by molar-refractivity contribution is 0.118. The Morgan fingerprint density at radius 3 is 2.63 bits per heavy atom. The summed E-state index contributed by atoms with van der Waals surface area (Å²) in [6.45, 7) is 13.2. The van der Waals surface area contributed by atoms with Gasteiger partial charge in [-0.3, -0.25) is 5.01 Å². The van der Waals surface area contributed by atoms with Crippen LogP contribution in [0.5, 0.6) is 0 Å². The molecule has 3 nitrogen and oxygen atoms in total. The Morgan fingerprint density at radius 1 is 1.42 bits per heavy atom. The third kappa shape index (κ3) is 6.17. The van der Waals surface area contributed by atoms with Crippen molar-refractivity contribution in [3.8, 4) is 0 Å². The standard InChI is InChI=1S/C15H30N2OS/c1-12(2)14(19-15(3,4)5)10-16-17-9-7-8-13(17)11-18-6/h10,12-14H,7-9,11H2,1-6H3/b16-10-/t13-,14+/m0/s1. The zero-order valence-corrected chi connectivity index (χ0v) is 14.2. The molecule has 1 fully saturated rings. The summed E-state index contributed by atoms with van der Waals surface area (Å²) in [5.74, 6) is 0.608. The molecule has 0 amide bonds. The number of thioether (sulfide) groups is 1. The number of ether oxygens (including phenoxy) is 1. The molecule has 0 saturated carbocycles. The van der Waals surface area contributed by atoms with Crippen molar-refractivity contribution in [1.29, 1.82) is 0 Å². The molecule has 0 N–H and O–H groups in total. The number of hydrogen-bond acceptors (Lipinski definition) is 4. The first kappa shape index (κ1) is 16.8. The highest BCUT2D eigenvalue weighted by molar-refractivity contribution is 8.01. The first-order chi connectivity index (χ1) is 8.83. The van der Waals surface area contributed by atoms with Gasteiger partial charge in [-0.1, -0.05) is 34.6 Å². The molecule has 0 aliphatic carbocycles. The highest BCUT2D eigenvalue weighted by Crippen LogP contribution is 2.31. The molecule has 1 heterocycles. The smallest absolute Gasteiger partial charge is 0.0704 e. The summed E-state index contributed by atoms with van der Waals surface area (Å²) in [5.41, 5.74) is 0. The molecule has 112 valence electrons. The van der Waals surface area contributed by atoms with Gasteiger partial charge in [-0.2, -0.15) is 5.10 Å². The minimum atomic E-state index is 0.276. The van der Waals surface area contributed by atoms with Crippen molar-refractivity contribution in [3.05, 3.63) is 0 Å². The van der Waals surface area contributed by atoms with Gasteiger partial charge in [0.15, 0.2) is 0 Å². The van der Waals surface area contributed by atoms with Crippen molar-refractivity contribution in [2.24, 2.45) is 11.0 Å². The van der Waals surface area contributed by atoms with Crippen molar-refractivity contribution in [1.82, 2.24) is 5.01 Å². The van der Waals surface area contributed by atoms with Gasteiger partial charge in [0.2, 0.25) is 0 Å². The molecular formula is C15H30N2OS. The lowest BCUT2D eigenvalue weighted by Crippen LogP contribution is -2.30. The average Bonchev–Trinajstić information content (AvgIpc) is 2.70.